The fourth-order valence-electron chi connectivity index (χ4n) is 2.60. The van der Waals surface area contributed by atoms with E-state index in [9.17, 15) is 4.79 Å². The van der Waals surface area contributed by atoms with E-state index in [0.29, 0.717) is 5.69 Å². The minimum Gasteiger partial charge on any atom is -0.378 e. The Hall–Kier alpha value is -2.63. The van der Waals surface area contributed by atoms with Crippen molar-refractivity contribution in [1.29, 1.82) is 0 Å². The first-order valence-electron chi connectivity index (χ1n) is 7.81. The van der Waals surface area contributed by atoms with Gasteiger partial charge in [0, 0.05) is 38.6 Å². The Kier molecular flexibility index (Phi) is 4.41. The third kappa shape index (κ3) is 3.59. The van der Waals surface area contributed by atoms with Gasteiger partial charge in [-0.1, -0.05) is 0 Å². The summed E-state index contributed by atoms with van der Waals surface area (Å²) in [5.41, 5.74) is 2.15. The molecule has 1 aliphatic heterocycles. The number of hydrogen-bond acceptors (Lipinski definition) is 5. The molecule has 1 aromatic heterocycles. The molecule has 23 heavy (non-hydrogen) atoms. The fraction of sp³-hybridized carbons (Fsp3) is 0.353. The van der Waals surface area contributed by atoms with Crippen LogP contribution in [0.2, 0.25) is 0 Å². The second kappa shape index (κ2) is 6.64. The van der Waals surface area contributed by atoms with Gasteiger partial charge in [-0.2, -0.15) is 0 Å². The number of carbonyl (C=O) groups excluding carboxylic acids is 1. The van der Waals surface area contributed by atoms with Crippen molar-refractivity contribution in [1.82, 2.24) is 10.2 Å². The van der Waals surface area contributed by atoms with E-state index in [1.807, 2.05) is 49.3 Å². The van der Waals surface area contributed by atoms with Gasteiger partial charge in [-0.25, -0.2) is 0 Å². The smallest absolute Gasteiger partial charge is 0.276 e. The largest absolute Gasteiger partial charge is 0.378 e. The molecule has 0 spiro atoms. The lowest BCUT2D eigenvalue weighted by Gasteiger charge is -2.15. The van der Waals surface area contributed by atoms with Crippen molar-refractivity contribution in [3.63, 3.8) is 0 Å². The zero-order chi connectivity index (χ0) is 16.2. The van der Waals surface area contributed by atoms with Crippen LogP contribution in [0.15, 0.2) is 36.4 Å². The van der Waals surface area contributed by atoms with Gasteiger partial charge in [0.1, 0.15) is 0 Å². The number of rotatable bonds is 4. The maximum atomic E-state index is 12.2. The minimum atomic E-state index is -0.247. The Morgan fingerprint density at radius 2 is 1.74 bits per heavy atom. The summed E-state index contributed by atoms with van der Waals surface area (Å²) >= 11 is 0. The first kappa shape index (κ1) is 15.3. The van der Waals surface area contributed by atoms with Crippen LogP contribution in [0.3, 0.4) is 0 Å². The molecule has 0 unspecified atom stereocenters. The van der Waals surface area contributed by atoms with Crippen LogP contribution < -0.4 is 15.1 Å². The number of carbonyl (C=O) groups is 1. The molecule has 3 rings (SSSR count). The molecule has 0 aliphatic carbocycles. The van der Waals surface area contributed by atoms with Crippen molar-refractivity contribution < 1.29 is 4.79 Å². The van der Waals surface area contributed by atoms with E-state index in [-0.39, 0.29) is 5.91 Å². The Labute approximate surface area is 136 Å². The minimum absolute atomic E-state index is 0.247. The average molecular weight is 311 g/mol. The highest BCUT2D eigenvalue weighted by molar-refractivity contribution is 6.02. The first-order chi connectivity index (χ1) is 11.1. The van der Waals surface area contributed by atoms with Crippen molar-refractivity contribution in [2.24, 2.45) is 0 Å². The van der Waals surface area contributed by atoms with Crippen molar-refractivity contribution in [3.05, 3.63) is 42.1 Å². The number of amides is 1. The van der Waals surface area contributed by atoms with Gasteiger partial charge >= 0.3 is 0 Å². The van der Waals surface area contributed by atoms with E-state index in [0.717, 1.165) is 30.3 Å². The van der Waals surface area contributed by atoms with Crippen LogP contribution >= 0.6 is 0 Å². The SMILES string of the molecule is CN(C)c1ccc(NC(=O)c2ccc(N3CCCC3)nn2)cc1. The number of nitrogens with zero attached hydrogens (tertiary/aromatic N) is 4. The van der Waals surface area contributed by atoms with Gasteiger partial charge in [0.05, 0.1) is 0 Å². The first-order valence-corrected chi connectivity index (χ1v) is 7.81. The standard InChI is InChI=1S/C17H21N5O/c1-21(2)14-7-5-13(6-8-14)18-17(23)15-9-10-16(20-19-15)22-11-3-4-12-22/h5-10H,3-4,11-12H2,1-2H3,(H,18,23). The Morgan fingerprint density at radius 1 is 1.04 bits per heavy atom. The molecular weight excluding hydrogens is 290 g/mol. The molecular formula is C17H21N5O. The molecule has 1 N–H and O–H groups in total. The molecule has 2 heterocycles. The van der Waals surface area contributed by atoms with E-state index in [2.05, 4.69) is 20.4 Å². The lowest BCUT2D eigenvalue weighted by Crippen LogP contribution is -2.21. The Bertz CT molecular complexity index is 660. The van der Waals surface area contributed by atoms with Crippen LogP contribution in [-0.4, -0.2) is 43.3 Å². The fourth-order valence-corrected chi connectivity index (χ4v) is 2.60. The normalized spacial score (nSPS) is 13.9. The lowest BCUT2D eigenvalue weighted by molar-refractivity contribution is 0.102. The van der Waals surface area contributed by atoms with E-state index in [1.54, 1.807) is 6.07 Å². The summed E-state index contributed by atoms with van der Waals surface area (Å²) in [6.07, 6.45) is 2.37. The summed E-state index contributed by atoms with van der Waals surface area (Å²) in [5.74, 6) is 0.595. The Morgan fingerprint density at radius 3 is 2.30 bits per heavy atom. The lowest BCUT2D eigenvalue weighted by atomic mass is 10.2. The van der Waals surface area contributed by atoms with E-state index in [1.165, 1.54) is 12.8 Å². The Balaban J connectivity index is 1.65. The second-order valence-electron chi connectivity index (χ2n) is 5.87. The van der Waals surface area contributed by atoms with E-state index in [4.69, 9.17) is 0 Å². The van der Waals surface area contributed by atoms with Crippen LogP contribution in [0.1, 0.15) is 23.3 Å². The zero-order valence-electron chi connectivity index (χ0n) is 13.5. The predicted octanol–water partition coefficient (Wildman–Crippen LogP) is 2.40. The average Bonchev–Trinajstić information content (AvgIpc) is 3.10. The van der Waals surface area contributed by atoms with Crippen LogP contribution in [0.25, 0.3) is 0 Å². The molecule has 0 saturated carbocycles. The molecule has 1 aliphatic rings. The second-order valence-corrected chi connectivity index (χ2v) is 5.87. The molecule has 0 radical (unpaired) electrons. The van der Waals surface area contributed by atoms with Crippen LogP contribution in [-0.2, 0) is 0 Å². The van der Waals surface area contributed by atoms with Gasteiger partial charge in [0.2, 0.25) is 0 Å². The summed E-state index contributed by atoms with van der Waals surface area (Å²) in [6.45, 7) is 2.02. The highest BCUT2D eigenvalue weighted by Gasteiger charge is 2.15. The highest BCUT2D eigenvalue weighted by atomic mass is 16.1. The monoisotopic (exact) mass is 311 g/mol. The molecule has 1 saturated heterocycles. The molecule has 1 fully saturated rings. The maximum absolute atomic E-state index is 12.2. The van der Waals surface area contributed by atoms with Gasteiger partial charge in [-0.05, 0) is 49.2 Å². The van der Waals surface area contributed by atoms with Crippen LogP contribution in [0.5, 0.6) is 0 Å². The third-order valence-corrected chi connectivity index (χ3v) is 3.95. The summed E-state index contributed by atoms with van der Waals surface area (Å²) in [4.78, 5) is 16.4. The summed E-state index contributed by atoms with van der Waals surface area (Å²) in [7, 11) is 3.95. The van der Waals surface area contributed by atoms with Crippen molar-refractivity contribution in [2.45, 2.75) is 12.8 Å². The highest BCUT2D eigenvalue weighted by Crippen LogP contribution is 2.18. The van der Waals surface area contributed by atoms with Gasteiger partial charge in [0.15, 0.2) is 11.5 Å². The number of aromatic nitrogens is 2. The molecule has 120 valence electrons. The summed E-state index contributed by atoms with van der Waals surface area (Å²) in [5, 5.41) is 11.1. The van der Waals surface area contributed by atoms with Gasteiger partial charge in [-0.3, -0.25) is 4.79 Å². The van der Waals surface area contributed by atoms with Crippen molar-refractivity contribution in [3.8, 4) is 0 Å². The third-order valence-electron chi connectivity index (χ3n) is 3.95. The number of anilines is 3. The van der Waals surface area contributed by atoms with Gasteiger partial charge < -0.3 is 15.1 Å². The van der Waals surface area contributed by atoms with E-state index < -0.39 is 0 Å². The molecule has 6 nitrogen and oxygen atoms in total. The van der Waals surface area contributed by atoms with Crippen molar-refractivity contribution >= 4 is 23.1 Å². The number of nitrogens with one attached hydrogen (secondary N) is 1. The topological polar surface area (TPSA) is 61.4 Å². The summed E-state index contributed by atoms with van der Waals surface area (Å²) < 4.78 is 0. The molecule has 6 heteroatoms. The number of benzene rings is 1. The number of hydrogen-bond donors (Lipinski definition) is 1. The predicted molar refractivity (Wildman–Crippen MR) is 92.2 cm³/mol. The van der Waals surface area contributed by atoms with Gasteiger partial charge in [-0.15, -0.1) is 10.2 Å². The maximum Gasteiger partial charge on any atom is 0.276 e. The van der Waals surface area contributed by atoms with Crippen LogP contribution in [0.4, 0.5) is 17.2 Å². The molecule has 0 bridgehead atoms. The van der Waals surface area contributed by atoms with Crippen LogP contribution in [0, 0.1) is 0 Å². The molecule has 0 atom stereocenters. The molecule has 1 aromatic carbocycles. The molecule has 1 amide bonds. The molecule has 2 aromatic rings. The van der Waals surface area contributed by atoms with E-state index >= 15 is 0 Å². The zero-order valence-corrected chi connectivity index (χ0v) is 13.5. The summed E-state index contributed by atoms with van der Waals surface area (Å²) in [6, 6.07) is 11.3. The van der Waals surface area contributed by atoms with Crippen molar-refractivity contribution in [2.75, 3.05) is 42.3 Å². The quantitative estimate of drug-likeness (QED) is 0.939. The van der Waals surface area contributed by atoms with Gasteiger partial charge in [0.25, 0.3) is 5.91 Å².